The minimum atomic E-state index is -0.160. The lowest BCUT2D eigenvalue weighted by molar-refractivity contribution is -0.182. The van der Waals surface area contributed by atoms with Crippen LogP contribution in [0.15, 0.2) is 0 Å². The van der Waals surface area contributed by atoms with Crippen LogP contribution in [0.4, 0.5) is 0 Å². The molecule has 98 valence electrons. The number of carbonyl (C=O) groups is 1. The molecule has 2 aliphatic heterocycles. The van der Waals surface area contributed by atoms with Gasteiger partial charge in [0.05, 0.1) is 18.3 Å². The quantitative estimate of drug-likeness (QED) is 0.685. The molecule has 0 bridgehead atoms. The molecule has 1 unspecified atom stereocenters. The number of hydrogen-bond donors (Lipinski definition) is 1. The molecule has 2 heterocycles. The Morgan fingerprint density at radius 1 is 1.47 bits per heavy atom. The van der Waals surface area contributed by atoms with Crippen LogP contribution in [0.2, 0.25) is 0 Å². The first-order valence-corrected chi connectivity index (χ1v) is 6.27. The van der Waals surface area contributed by atoms with Crippen molar-refractivity contribution in [2.75, 3.05) is 39.8 Å². The van der Waals surface area contributed by atoms with Crippen molar-refractivity contribution in [1.82, 2.24) is 9.80 Å². The highest BCUT2D eigenvalue weighted by Gasteiger charge is 2.42. The van der Waals surface area contributed by atoms with Crippen molar-refractivity contribution in [3.8, 4) is 0 Å². The van der Waals surface area contributed by atoms with E-state index in [1.165, 1.54) is 0 Å². The fourth-order valence-electron chi connectivity index (χ4n) is 2.93. The second-order valence-corrected chi connectivity index (χ2v) is 5.31. The Bertz CT molecular complexity index is 287. The Kier molecular flexibility index (Phi) is 3.70. The number of amides is 1. The Morgan fingerprint density at radius 2 is 2.12 bits per heavy atom. The maximum absolute atomic E-state index is 11.3. The third-order valence-electron chi connectivity index (χ3n) is 3.81. The number of piperidine rings is 1. The van der Waals surface area contributed by atoms with Gasteiger partial charge in [-0.3, -0.25) is 4.79 Å². The summed E-state index contributed by atoms with van der Waals surface area (Å²) >= 11 is 0. The van der Waals surface area contributed by atoms with E-state index in [0.717, 1.165) is 39.0 Å². The molecule has 2 saturated heterocycles. The summed E-state index contributed by atoms with van der Waals surface area (Å²) in [5, 5.41) is 9.25. The normalized spacial score (nSPS) is 29.6. The number of nitrogens with zero attached hydrogens (tertiary/aromatic N) is 2. The summed E-state index contributed by atoms with van der Waals surface area (Å²) in [6, 6.07) is 0. The van der Waals surface area contributed by atoms with Crippen LogP contribution in [0.3, 0.4) is 0 Å². The third-order valence-corrected chi connectivity index (χ3v) is 3.81. The molecule has 0 radical (unpaired) electrons. The lowest BCUT2D eigenvalue weighted by Gasteiger charge is -2.48. The van der Waals surface area contributed by atoms with Gasteiger partial charge in [-0.15, -0.1) is 0 Å². The molecule has 1 atom stereocenters. The topological polar surface area (TPSA) is 53.0 Å². The Balaban J connectivity index is 1.98. The van der Waals surface area contributed by atoms with Gasteiger partial charge in [0, 0.05) is 33.1 Å². The van der Waals surface area contributed by atoms with Gasteiger partial charge in [-0.1, -0.05) is 0 Å². The van der Waals surface area contributed by atoms with Gasteiger partial charge in [-0.25, -0.2) is 0 Å². The number of aliphatic hydroxyl groups excluding tert-OH is 1. The van der Waals surface area contributed by atoms with Crippen LogP contribution in [0.25, 0.3) is 0 Å². The molecule has 1 amide bonds. The number of carbonyl (C=O) groups excluding carboxylic acids is 1. The first-order valence-electron chi connectivity index (χ1n) is 6.27. The number of hydrogen-bond acceptors (Lipinski definition) is 4. The molecular weight excluding hydrogens is 220 g/mol. The Hall–Kier alpha value is -0.650. The smallest absolute Gasteiger partial charge is 0.219 e. The fraction of sp³-hybridized carbons (Fsp3) is 0.917. The zero-order valence-electron chi connectivity index (χ0n) is 10.7. The van der Waals surface area contributed by atoms with Crippen molar-refractivity contribution < 1.29 is 14.6 Å². The van der Waals surface area contributed by atoms with Crippen LogP contribution in [0.5, 0.6) is 0 Å². The highest BCUT2D eigenvalue weighted by atomic mass is 16.5. The number of likely N-dealkylation sites (N-methyl/N-ethyl adjacent to an activating group) is 1. The van der Waals surface area contributed by atoms with E-state index < -0.39 is 0 Å². The van der Waals surface area contributed by atoms with Crippen molar-refractivity contribution in [1.29, 1.82) is 0 Å². The van der Waals surface area contributed by atoms with E-state index in [1.54, 1.807) is 6.92 Å². The van der Waals surface area contributed by atoms with E-state index >= 15 is 0 Å². The number of rotatable bonds is 1. The molecular formula is C12H22N2O3. The van der Waals surface area contributed by atoms with E-state index in [2.05, 4.69) is 11.9 Å². The Labute approximate surface area is 102 Å². The van der Waals surface area contributed by atoms with Gasteiger partial charge < -0.3 is 19.6 Å². The van der Waals surface area contributed by atoms with Crippen LogP contribution >= 0.6 is 0 Å². The second-order valence-electron chi connectivity index (χ2n) is 5.31. The predicted molar refractivity (Wildman–Crippen MR) is 63.7 cm³/mol. The molecule has 0 aromatic rings. The zero-order chi connectivity index (χ0) is 12.5. The molecule has 0 saturated carbocycles. The highest BCUT2D eigenvalue weighted by molar-refractivity contribution is 5.73. The van der Waals surface area contributed by atoms with Gasteiger partial charge in [-0.05, 0) is 19.9 Å². The molecule has 17 heavy (non-hydrogen) atoms. The van der Waals surface area contributed by atoms with E-state index in [0.29, 0.717) is 0 Å². The minimum Gasteiger partial charge on any atom is -0.394 e. The first-order chi connectivity index (χ1) is 8.04. The standard InChI is InChI=1S/C12H22N2O3/c1-10(16)14-5-3-12(4-6-14)9-13(2)7-11(8-15)17-12/h11,15H,3-9H2,1-2H3. The molecule has 2 aliphatic rings. The molecule has 0 aromatic carbocycles. The summed E-state index contributed by atoms with van der Waals surface area (Å²) < 4.78 is 6.03. The number of morpholine rings is 1. The van der Waals surface area contributed by atoms with Gasteiger partial charge in [0.1, 0.15) is 0 Å². The van der Waals surface area contributed by atoms with Crippen molar-refractivity contribution >= 4 is 5.91 Å². The monoisotopic (exact) mass is 242 g/mol. The highest BCUT2D eigenvalue weighted by Crippen LogP contribution is 2.31. The van der Waals surface area contributed by atoms with Gasteiger partial charge in [0.15, 0.2) is 0 Å². The molecule has 0 aliphatic carbocycles. The number of likely N-dealkylation sites (tertiary alicyclic amines) is 1. The lowest BCUT2D eigenvalue weighted by Crippen LogP contribution is -2.59. The summed E-state index contributed by atoms with van der Waals surface area (Å²) in [7, 11) is 2.06. The van der Waals surface area contributed by atoms with Crippen molar-refractivity contribution in [2.24, 2.45) is 0 Å². The van der Waals surface area contributed by atoms with Crippen LogP contribution in [-0.4, -0.2) is 72.4 Å². The van der Waals surface area contributed by atoms with E-state index in [4.69, 9.17) is 4.74 Å². The summed E-state index contributed by atoms with van der Waals surface area (Å²) in [6.07, 6.45) is 1.65. The maximum Gasteiger partial charge on any atom is 0.219 e. The molecule has 2 rings (SSSR count). The van der Waals surface area contributed by atoms with Crippen molar-refractivity contribution in [3.63, 3.8) is 0 Å². The average molecular weight is 242 g/mol. The number of ether oxygens (including phenoxy) is 1. The second kappa shape index (κ2) is 4.92. The maximum atomic E-state index is 11.3. The third kappa shape index (κ3) is 2.78. The summed E-state index contributed by atoms with van der Waals surface area (Å²) in [5.41, 5.74) is -0.160. The first kappa shape index (κ1) is 12.8. The van der Waals surface area contributed by atoms with Crippen LogP contribution < -0.4 is 0 Å². The zero-order valence-corrected chi connectivity index (χ0v) is 10.7. The van der Waals surface area contributed by atoms with Gasteiger partial charge in [0.25, 0.3) is 0 Å². The van der Waals surface area contributed by atoms with E-state index in [9.17, 15) is 9.90 Å². The molecule has 5 nitrogen and oxygen atoms in total. The summed E-state index contributed by atoms with van der Waals surface area (Å²) in [6.45, 7) is 4.90. The summed E-state index contributed by atoms with van der Waals surface area (Å²) in [5.74, 6) is 0.141. The van der Waals surface area contributed by atoms with Crippen molar-refractivity contribution in [3.05, 3.63) is 0 Å². The van der Waals surface area contributed by atoms with Crippen LogP contribution in [0.1, 0.15) is 19.8 Å². The predicted octanol–water partition coefficient (Wildman–Crippen LogP) is -0.310. The average Bonchev–Trinajstić information content (AvgIpc) is 2.28. The number of aliphatic hydroxyl groups is 1. The SMILES string of the molecule is CC(=O)N1CCC2(CC1)CN(C)CC(CO)O2. The lowest BCUT2D eigenvalue weighted by atomic mass is 9.88. The van der Waals surface area contributed by atoms with E-state index in [1.807, 2.05) is 4.90 Å². The van der Waals surface area contributed by atoms with E-state index in [-0.39, 0.29) is 24.2 Å². The minimum absolute atomic E-state index is 0.0719. The van der Waals surface area contributed by atoms with Gasteiger partial charge in [-0.2, -0.15) is 0 Å². The molecule has 1 N–H and O–H groups in total. The molecule has 2 fully saturated rings. The molecule has 0 aromatic heterocycles. The Morgan fingerprint density at radius 3 is 2.65 bits per heavy atom. The van der Waals surface area contributed by atoms with Crippen LogP contribution in [-0.2, 0) is 9.53 Å². The van der Waals surface area contributed by atoms with Crippen molar-refractivity contribution in [2.45, 2.75) is 31.5 Å². The van der Waals surface area contributed by atoms with Crippen LogP contribution in [0, 0.1) is 0 Å². The fourth-order valence-corrected chi connectivity index (χ4v) is 2.93. The van der Waals surface area contributed by atoms with Gasteiger partial charge >= 0.3 is 0 Å². The molecule has 5 heteroatoms. The summed E-state index contributed by atoms with van der Waals surface area (Å²) in [4.78, 5) is 15.4. The molecule has 1 spiro atoms. The van der Waals surface area contributed by atoms with Gasteiger partial charge in [0.2, 0.25) is 5.91 Å². The largest absolute Gasteiger partial charge is 0.394 e.